The molecule has 0 bridgehead atoms. The number of carbonyl (C=O) groups excluding carboxylic acids is 2. The van der Waals surface area contributed by atoms with Crippen LogP contribution in [0.4, 0.5) is 5.69 Å². The monoisotopic (exact) mass is 379 g/mol. The highest BCUT2D eigenvalue weighted by atomic mass is 16.1. The highest BCUT2D eigenvalue weighted by Gasteiger charge is 2.33. The molecule has 5 nitrogen and oxygen atoms in total. The van der Waals surface area contributed by atoms with Crippen molar-refractivity contribution in [1.29, 1.82) is 0 Å². The molecular weight excluding hydrogens is 350 g/mol. The maximum Gasteiger partial charge on any atom is 0.249 e. The van der Waals surface area contributed by atoms with Crippen molar-refractivity contribution in [2.75, 3.05) is 18.0 Å². The fourth-order valence-corrected chi connectivity index (χ4v) is 5.13. The Labute approximate surface area is 166 Å². The molecule has 0 aromatic heterocycles. The van der Waals surface area contributed by atoms with Crippen LogP contribution in [0, 0.1) is 5.92 Å². The Balaban J connectivity index is 1.71. The van der Waals surface area contributed by atoms with Gasteiger partial charge in [0, 0.05) is 35.9 Å². The van der Waals surface area contributed by atoms with Crippen LogP contribution in [0.25, 0.3) is 5.57 Å². The number of amides is 2. The van der Waals surface area contributed by atoms with E-state index in [2.05, 4.69) is 29.8 Å². The van der Waals surface area contributed by atoms with E-state index < -0.39 is 0 Å². The minimum absolute atomic E-state index is 0.118. The lowest BCUT2D eigenvalue weighted by molar-refractivity contribution is -0.117. The van der Waals surface area contributed by atoms with Crippen molar-refractivity contribution in [3.05, 3.63) is 47.1 Å². The number of benzene rings is 1. The molecule has 1 aliphatic heterocycles. The van der Waals surface area contributed by atoms with Crippen LogP contribution in [-0.2, 0) is 11.2 Å². The minimum Gasteiger partial charge on any atom is -0.369 e. The lowest BCUT2D eigenvalue weighted by atomic mass is 9.84. The van der Waals surface area contributed by atoms with Gasteiger partial charge in [0.15, 0.2) is 0 Å². The van der Waals surface area contributed by atoms with Crippen LogP contribution in [-0.4, -0.2) is 30.9 Å². The number of rotatable bonds is 4. The second-order valence-corrected chi connectivity index (χ2v) is 8.45. The molecule has 4 rings (SSSR count). The third kappa shape index (κ3) is 3.34. The maximum atomic E-state index is 12.1. The van der Waals surface area contributed by atoms with Crippen LogP contribution in [0.1, 0.15) is 60.5 Å². The number of nitrogens with zero attached hydrogens (tertiary/aromatic N) is 1. The largest absolute Gasteiger partial charge is 0.369 e. The Kier molecular flexibility index (Phi) is 5.00. The lowest BCUT2D eigenvalue weighted by Crippen LogP contribution is -2.47. The molecule has 2 unspecified atom stereocenters. The van der Waals surface area contributed by atoms with Gasteiger partial charge in [-0.3, -0.25) is 9.59 Å². The fraction of sp³-hybridized carbons (Fsp3) is 0.478. The second kappa shape index (κ2) is 7.46. The van der Waals surface area contributed by atoms with Crippen molar-refractivity contribution in [3.63, 3.8) is 0 Å². The van der Waals surface area contributed by atoms with E-state index in [-0.39, 0.29) is 17.9 Å². The summed E-state index contributed by atoms with van der Waals surface area (Å²) in [5.41, 5.74) is 12.8. The molecule has 1 aromatic carbocycles. The summed E-state index contributed by atoms with van der Waals surface area (Å²) in [5.74, 6) is 0.236. The maximum absolute atomic E-state index is 12.1. The zero-order chi connectivity index (χ0) is 19.8. The molecule has 1 heterocycles. The van der Waals surface area contributed by atoms with Crippen molar-refractivity contribution in [2.45, 2.75) is 51.5 Å². The summed E-state index contributed by atoms with van der Waals surface area (Å²) < 4.78 is 0. The Bertz CT molecular complexity index is 871. The zero-order valence-electron chi connectivity index (χ0n) is 16.6. The highest BCUT2D eigenvalue weighted by Crippen LogP contribution is 2.48. The Morgan fingerprint density at radius 3 is 2.89 bits per heavy atom. The molecule has 0 spiro atoms. The molecule has 1 aromatic rings. The number of nitrogens with one attached hydrogen (secondary N) is 1. The number of allylic oxidation sites excluding steroid dienone is 2. The minimum atomic E-state index is -0.342. The van der Waals surface area contributed by atoms with Gasteiger partial charge in [0.05, 0.1) is 0 Å². The van der Waals surface area contributed by atoms with Crippen molar-refractivity contribution in [2.24, 2.45) is 11.7 Å². The van der Waals surface area contributed by atoms with Gasteiger partial charge in [-0.1, -0.05) is 19.1 Å². The fourth-order valence-electron chi connectivity index (χ4n) is 5.13. The number of piperidine rings is 1. The molecule has 28 heavy (non-hydrogen) atoms. The van der Waals surface area contributed by atoms with E-state index in [1.165, 1.54) is 34.9 Å². The molecule has 3 N–H and O–H groups in total. The second-order valence-electron chi connectivity index (χ2n) is 8.45. The predicted octanol–water partition coefficient (Wildman–Crippen LogP) is 3.19. The molecule has 1 fully saturated rings. The van der Waals surface area contributed by atoms with Gasteiger partial charge >= 0.3 is 0 Å². The predicted molar refractivity (Wildman–Crippen MR) is 112 cm³/mol. The van der Waals surface area contributed by atoms with Gasteiger partial charge in [0.25, 0.3) is 0 Å². The van der Waals surface area contributed by atoms with E-state index in [1.807, 2.05) is 6.07 Å². The van der Waals surface area contributed by atoms with Gasteiger partial charge in [0.2, 0.25) is 11.8 Å². The van der Waals surface area contributed by atoms with E-state index in [0.717, 1.165) is 50.8 Å². The first kappa shape index (κ1) is 18.8. The van der Waals surface area contributed by atoms with Gasteiger partial charge in [-0.25, -0.2) is 0 Å². The standard InChI is InChI=1S/C23H29N3O2/c1-3-21(27)25-16-5-4-10-26(13-16)20-9-8-18(23(24)28)19-12-15-11-14(2)6-7-17(15)22(19)20/h3,8-9,14,16H,1,4-7,10-13H2,2H3,(H2,24,28)(H,25,27). The van der Waals surface area contributed by atoms with Crippen LogP contribution >= 0.6 is 0 Å². The molecule has 2 amide bonds. The van der Waals surface area contributed by atoms with E-state index in [9.17, 15) is 9.59 Å². The van der Waals surface area contributed by atoms with Crippen LogP contribution in [0.15, 0.2) is 30.4 Å². The summed E-state index contributed by atoms with van der Waals surface area (Å²) in [4.78, 5) is 26.2. The first-order valence-corrected chi connectivity index (χ1v) is 10.3. The average Bonchev–Trinajstić information content (AvgIpc) is 3.05. The van der Waals surface area contributed by atoms with Crippen molar-refractivity contribution < 1.29 is 9.59 Å². The molecule has 148 valence electrons. The Morgan fingerprint density at radius 1 is 1.32 bits per heavy atom. The molecule has 5 heteroatoms. The number of hydrogen-bond donors (Lipinski definition) is 2. The summed E-state index contributed by atoms with van der Waals surface area (Å²) in [6, 6.07) is 4.07. The Hall–Kier alpha value is -2.56. The summed E-state index contributed by atoms with van der Waals surface area (Å²) in [6.45, 7) is 7.60. The average molecular weight is 380 g/mol. The third-order valence-corrected chi connectivity index (χ3v) is 6.45. The smallest absolute Gasteiger partial charge is 0.249 e. The van der Waals surface area contributed by atoms with Gasteiger partial charge < -0.3 is 16.0 Å². The normalized spacial score (nSPS) is 23.8. The van der Waals surface area contributed by atoms with Gasteiger partial charge in [0.1, 0.15) is 0 Å². The molecule has 0 radical (unpaired) electrons. The number of hydrogen-bond acceptors (Lipinski definition) is 3. The first-order valence-electron chi connectivity index (χ1n) is 10.3. The van der Waals surface area contributed by atoms with Crippen LogP contribution in [0.5, 0.6) is 0 Å². The summed E-state index contributed by atoms with van der Waals surface area (Å²) >= 11 is 0. The van der Waals surface area contributed by atoms with Crippen molar-refractivity contribution in [3.8, 4) is 0 Å². The van der Waals surface area contributed by atoms with E-state index in [4.69, 9.17) is 5.73 Å². The van der Waals surface area contributed by atoms with Crippen LogP contribution in [0.3, 0.4) is 0 Å². The van der Waals surface area contributed by atoms with Crippen LogP contribution in [0.2, 0.25) is 0 Å². The summed E-state index contributed by atoms with van der Waals surface area (Å²) in [6.07, 6.45) is 7.56. The third-order valence-electron chi connectivity index (χ3n) is 6.45. The Morgan fingerprint density at radius 2 is 2.14 bits per heavy atom. The number of fused-ring (bicyclic) bond motifs is 2. The quantitative estimate of drug-likeness (QED) is 0.789. The molecule has 0 saturated carbocycles. The summed E-state index contributed by atoms with van der Waals surface area (Å²) in [5, 5.41) is 3.04. The van der Waals surface area contributed by atoms with E-state index in [0.29, 0.717) is 11.5 Å². The number of nitrogens with two attached hydrogens (primary N) is 1. The molecule has 2 atom stereocenters. The highest BCUT2D eigenvalue weighted by molar-refractivity contribution is 5.99. The molecule has 2 aliphatic carbocycles. The zero-order valence-corrected chi connectivity index (χ0v) is 16.6. The topological polar surface area (TPSA) is 75.4 Å². The van der Waals surface area contributed by atoms with Gasteiger partial charge in [-0.2, -0.15) is 0 Å². The van der Waals surface area contributed by atoms with Gasteiger partial charge in [-0.05, 0) is 73.8 Å². The molecule has 1 saturated heterocycles. The van der Waals surface area contributed by atoms with E-state index in [1.54, 1.807) is 0 Å². The SMILES string of the molecule is C=CC(=O)NC1CCCN(c2ccc(C(N)=O)c3c2C2=C(C3)CC(C)CC2)C1. The van der Waals surface area contributed by atoms with Gasteiger partial charge in [-0.15, -0.1) is 0 Å². The summed E-state index contributed by atoms with van der Waals surface area (Å²) in [7, 11) is 0. The lowest BCUT2D eigenvalue weighted by Gasteiger charge is -2.36. The van der Waals surface area contributed by atoms with Crippen molar-refractivity contribution in [1.82, 2.24) is 5.32 Å². The molecule has 3 aliphatic rings. The van der Waals surface area contributed by atoms with Crippen molar-refractivity contribution >= 4 is 23.1 Å². The van der Waals surface area contributed by atoms with E-state index >= 15 is 0 Å². The number of carbonyl (C=O) groups is 2. The number of primary amides is 1. The van der Waals surface area contributed by atoms with Crippen LogP contribution < -0.4 is 16.0 Å². The first-order chi connectivity index (χ1) is 13.5. The molecular formula is C23H29N3O2. The number of anilines is 1.